The topological polar surface area (TPSA) is 237 Å². The first kappa shape index (κ1) is 99.1. The average molecular weight is 1480 g/mol. The van der Waals surface area contributed by atoms with Gasteiger partial charge in [0.25, 0.3) is 0 Å². The molecule has 0 saturated heterocycles. The minimum absolute atomic E-state index is 0.106. The number of aliphatic hydroxyl groups excluding tert-OH is 1. The maximum atomic E-state index is 13.1. The van der Waals surface area contributed by atoms with Gasteiger partial charge in [-0.3, -0.25) is 37.3 Å². The molecule has 0 aromatic carbocycles. The summed E-state index contributed by atoms with van der Waals surface area (Å²) in [6.07, 6.45) is 66.9. The van der Waals surface area contributed by atoms with Gasteiger partial charge in [-0.2, -0.15) is 0 Å². The van der Waals surface area contributed by atoms with Crippen molar-refractivity contribution in [3.63, 3.8) is 0 Å². The molecule has 0 amide bonds. The molecule has 0 aliphatic heterocycles. The number of phosphoric ester groups is 2. The zero-order valence-corrected chi connectivity index (χ0v) is 67.8. The fourth-order valence-corrected chi connectivity index (χ4v) is 14.3. The summed E-state index contributed by atoms with van der Waals surface area (Å²) in [5, 5.41) is 10.6. The Labute approximate surface area is 619 Å². The van der Waals surface area contributed by atoms with Crippen LogP contribution in [0.1, 0.15) is 439 Å². The molecule has 0 aromatic rings. The van der Waals surface area contributed by atoms with Crippen molar-refractivity contribution in [3.8, 4) is 0 Å². The number of aliphatic hydroxyl groups is 1. The van der Waals surface area contributed by atoms with Gasteiger partial charge in [-0.1, -0.05) is 388 Å². The Morgan fingerprint density at radius 3 is 0.703 bits per heavy atom. The van der Waals surface area contributed by atoms with E-state index in [1.165, 1.54) is 263 Å². The normalized spacial score (nSPS) is 14.1. The zero-order valence-electron chi connectivity index (χ0n) is 66.1. The van der Waals surface area contributed by atoms with Crippen molar-refractivity contribution in [2.24, 2.45) is 5.92 Å². The lowest BCUT2D eigenvalue weighted by Crippen LogP contribution is -2.30. The minimum Gasteiger partial charge on any atom is -0.462 e. The largest absolute Gasteiger partial charge is 0.472 e. The molecule has 0 rings (SSSR count). The van der Waals surface area contributed by atoms with Crippen molar-refractivity contribution >= 4 is 39.5 Å². The molecule has 600 valence electrons. The van der Waals surface area contributed by atoms with Gasteiger partial charge in [0.05, 0.1) is 26.4 Å². The predicted molar refractivity (Wildman–Crippen MR) is 414 cm³/mol. The molecular formula is C82H160O17P2. The summed E-state index contributed by atoms with van der Waals surface area (Å²) in [5.74, 6) is -1.24. The van der Waals surface area contributed by atoms with E-state index in [-0.39, 0.29) is 25.7 Å². The Morgan fingerprint density at radius 2 is 0.475 bits per heavy atom. The van der Waals surface area contributed by atoms with Gasteiger partial charge in [0, 0.05) is 25.7 Å². The highest BCUT2D eigenvalue weighted by Gasteiger charge is 2.30. The molecule has 0 aliphatic carbocycles. The fraction of sp³-hybridized carbons (Fsp3) is 0.951. The van der Waals surface area contributed by atoms with Crippen molar-refractivity contribution in [3.05, 3.63) is 0 Å². The van der Waals surface area contributed by atoms with E-state index in [0.717, 1.165) is 95.8 Å². The molecule has 101 heavy (non-hydrogen) atoms. The lowest BCUT2D eigenvalue weighted by molar-refractivity contribution is -0.161. The quantitative estimate of drug-likeness (QED) is 0.0222. The van der Waals surface area contributed by atoms with Crippen LogP contribution in [0.5, 0.6) is 0 Å². The molecule has 19 heteroatoms. The van der Waals surface area contributed by atoms with Crippen molar-refractivity contribution in [1.29, 1.82) is 0 Å². The third-order valence-corrected chi connectivity index (χ3v) is 21.5. The van der Waals surface area contributed by atoms with Crippen LogP contribution in [0, 0.1) is 5.92 Å². The van der Waals surface area contributed by atoms with Crippen LogP contribution in [0.4, 0.5) is 0 Å². The van der Waals surface area contributed by atoms with E-state index in [1.54, 1.807) is 0 Å². The number of hydrogen-bond acceptors (Lipinski definition) is 15. The highest BCUT2D eigenvalue weighted by Crippen LogP contribution is 2.45. The van der Waals surface area contributed by atoms with Gasteiger partial charge < -0.3 is 33.8 Å². The standard InChI is InChI=1S/C82H160O17P2/c1-6-10-13-16-19-22-23-24-25-26-27-28-29-33-36-39-42-47-51-56-61-66-80(85)93-72-78(99-82(87)68-63-58-53-48-43-40-37-34-31-30-32-35-38-41-46-49-54-59-64-75(5)9-4)74-97-101(90,91)95-70-76(83)69-94-100(88,89)96-73-77(98-81(86)67-62-57-52-45-21-18-15-12-8-3)71-92-79(84)65-60-55-50-44-20-17-14-11-7-2/h75-78,83H,6-74H2,1-5H3,(H,88,89)(H,90,91)/t75?,76-,77+,78+/m0/s1. The number of ether oxygens (including phenoxy) is 4. The molecule has 0 spiro atoms. The molecule has 6 atom stereocenters. The summed E-state index contributed by atoms with van der Waals surface area (Å²) in [5.41, 5.74) is 0. The van der Waals surface area contributed by atoms with E-state index in [0.29, 0.717) is 25.7 Å². The number of rotatable bonds is 82. The maximum Gasteiger partial charge on any atom is 0.472 e. The molecule has 3 N–H and O–H groups in total. The van der Waals surface area contributed by atoms with Gasteiger partial charge in [-0.05, 0) is 31.6 Å². The molecule has 0 aromatic heterocycles. The Hall–Kier alpha value is -1.94. The smallest absolute Gasteiger partial charge is 0.462 e. The Kier molecular flexibility index (Phi) is 73.5. The van der Waals surface area contributed by atoms with Crippen LogP contribution in [0.25, 0.3) is 0 Å². The molecule has 0 fully saturated rings. The molecular weight excluding hydrogens is 1320 g/mol. The summed E-state index contributed by atoms with van der Waals surface area (Å²) in [7, 11) is -9.91. The summed E-state index contributed by atoms with van der Waals surface area (Å²) >= 11 is 0. The summed E-state index contributed by atoms with van der Waals surface area (Å²) in [6.45, 7) is 7.36. The molecule has 17 nitrogen and oxygen atoms in total. The third-order valence-electron chi connectivity index (χ3n) is 19.6. The number of carbonyl (C=O) groups excluding carboxylic acids is 4. The monoisotopic (exact) mass is 1480 g/mol. The van der Waals surface area contributed by atoms with E-state index < -0.39 is 97.5 Å². The number of esters is 4. The summed E-state index contributed by atoms with van der Waals surface area (Å²) in [6, 6.07) is 0. The number of unbranched alkanes of at least 4 members (excludes halogenated alkanes) is 53. The van der Waals surface area contributed by atoms with Gasteiger partial charge in [-0.15, -0.1) is 0 Å². The van der Waals surface area contributed by atoms with Crippen LogP contribution in [-0.4, -0.2) is 96.7 Å². The zero-order chi connectivity index (χ0) is 74.1. The second-order valence-electron chi connectivity index (χ2n) is 29.8. The first-order valence-corrected chi connectivity index (χ1v) is 45.7. The molecule has 0 heterocycles. The second-order valence-corrected chi connectivity index (χ2v) is 32.7. The Morgan fingerprint density at radius 1 is 0.277 bits per heavy atom. The van der Waals surface area contributed by atoms with Crippen molar-refractivity contribution in [2.45, 2.75) is 457 Å². The van der Waals surface area contributed by atoms with Crippen molar-refractivity contribution < 1.29 is 80.2 Å². The van der Waals surface area contributed by atoms with Gasteiger partial charge in [0.15, 0.2) is 12.2 Å². The van der Waals surface area contributed by atoms with Crippen LogP contribution in [0.15, 0.2) is 0 Å². The van der Waals surface area contributed by atoms with Crippen molar-refractivity contribution in [1.82, 2.24) is 0 Å². The van der Waals surface area contributed by atoms with E-state index in [4.69, 9.17) is 37.0 Å². The predicted octanol–water partition coefficient (Wildman–Crippen LogP) is 24.8. The van der Waals surface area contributed by atoms with E-state index in [1.807, 2.05) is 0 Å². The lowest BCUT2D eigenvalue weighted by Gasteiger charge is -2.21. The molecule has 3 unspecified atom stereocenters. The summed E-state index contributed by atoms with van der Waals surface area (Å²) < 4.78 is 68.6. The molecule has 0 aliphatic rings. The van der Waals surface area contributed by atoms with E-state index in [2.05, 4.69) is 34.6 Å². The highest BCUT2D eigenvalue weighted by molar-refractivity contribution is 7.47. The van der Waals surface area contributed by atoms with Crippen molar-refractivity contribution in [2.75, 3.05) is 39.6 Å². The van der Waals surface area contributed by atoms with E-state index in [9.17, 15) is 43.2 Å². The molecule has 0 radical (unpaired) electrons. The number of hydrogen-bond donors (Lipinski definition) is 3. The molecule has 0 saturated carbocycles. The average Bonchev–Trinajstić information content (AvgIpc) is 1.02. The van der Waals surface area contributed by atoms with Gasteiger partial charge in [0.1, 0.15) is 19.3 Å². The van der Waals surface area contributed by atoms with Crippen LogP contribution < -0.4 is 0 Å². The maximum absolute atomic E-state index is 13.1. The lowest BCUT2D eigenvalue weighted by atomic mass is 9.99. The minimum atomic E-state index is -4.96. The third kappa shape index (κ3) is 74.7. The Bertz CT molecular complexity index is 1930. The first-order chi connectivity index (χ1) is 49.1. The number of carbonyl (C=O) groups is 4. The Balaban J connectivity index is 5.14. The second kappa shape index (κ2) is 74.9. The van der Waals surface area contributed by atoms with Crippen LogP contribution >= 0.6 is 15.6 Å². The van der Waals surface area contributed by atoms with Gasteiger partial charge in [0.2, 0.25) is 0 Å². The first-order valence-electron chi connectivity index (χ1n) is 42.7. The number of phosphoric acid groups is 2. The highest BCUT2D eigenvalue weighted by atomic mass is 31.2. The van der Waals surface area contributed by atoms with Crippen LogP contribution in [0.2, 0.25) is 0 Å². The SMILES string of the molecule is CCCCCCCCCCCCCCCCCCCCCCCC(=O)OC[C@H](COP(=O)(O)OC[C@@H](O)COP(=O)(O)OC[C@@H](COC(=O)CCCCCCCCCCC)OC(=O)CCCCCCCCCCC)OC(=O)CCCCCCCCCCCCCCCCCCCCC(C)CC. The van der Waals surface area contributed by atoms with Gasteiger partial charge in [-0.25, -0.2) is 9.13 Å². The summed E-state index contributed by atoms with van der Waals surface area (Å²) in [4.78, 5) is 72.8. The van der Waals surface area contributed by atoms with Crippen LogP contribution in [0.3, 0.4) is 0 Å². The van der Waals surface area contributed by atoms with Gasteiger partial charge >= 0.3 is 39.5 Å². The fourth-order valence-electron chi connectivity index (χ4n) is 12.7. The van der Waals surface area contributed by atoms with E-state index >= 15 is 0 Å². The van der Waals surface area contributed by atoms with Crippen LogP contribution in [-0.2, 0) is 65.4 Å². The molecule has 0 bridgehead atoms.